The lowest BCUT2D eigenvalue weighted by Crippen LogP contribution is -3.13. The third-order valence-electron chi connectivity index (χ3n) is 4.23. The normalized spacial score (nSPS) is 23.9. The number of carbonyl (C=O) groups is 1. The predicted octanol–water partition coefficient (Wildman–Crippen LogP) is 1.06. The van der Waals surface area contributed by atoms with Gasteiger partial charge in [0, 0.05) is 17.7 Å². The molecule has 1 unspecified atom stereocenters. The van der Waals surface area contributed by atoms with Gasteiger partial charge in [-0.05, 0) is 25.0 Å². The van der Waals surface area contributed by atoms with Gasteiger partial charge in [-0.25, -0.2) is 0 Å². The molecule has 2 aliphatic rings. The number of fused-ring (bicyclic) bond motifs is 1. The molecule has 2 aliphatic heterocycles. The second-order valence-electron chi connectivity index (χ2n) is 6.07. The molecule has 0 saturated carbocycles. The fourth-order valence-corrected chi connectivity index (χ4v) is 3.11. The lowest BCUT2D eigenvalue weighted by Gasteiger charge is -2.27. The van der Waals surface area contributed by atoms with E-state index in [0.29, 0.717) is 12.2 Å². The average molecular weight is 291 g/mol. The third-order valence-corrected chi connectivity index (χ3v) is 4.23. The van der Waals surface area contributed by atoms with Gasteiger partial charge in [0.05, 0.1) is 26.1 Å². The third kappa shape index (κ3) is 3.67. The molecular formula is C16H23N2O3+. The van der Waals surface area contributed by atoms with Crippen molar-refractivity contribution in [2.45, 2.75) is 26.2 Å². The van der Waals surface area contributed by atoms with E-state index in [0.717, 1.165) is 23.9 Å². The molecule has 1 fully saturated rings. The number of benzene rings is 1. The van der Waals surface area contributed by atoms with Crippen LogP contribution in [0.3, 0.4) is 0 Å². The lowest BCUT2D eigenvalue weighted by molar-refractivity contribution is -0.907. The van der Waals surface area contributed by atoms with Gasteiger partial charge in [-0.3, -0.25) is 4.79 Å². The van der Waals surface area contributed by atoms with Crippen molar-refractivity contribution in [2.75, 3.05) is 31.7 Å². The molecule has 1 aromatic carbocycles. The number of quaternary nitrogens is 1. The molecule has 0 radical (unpaired) electrons. The number of carbonyl (C=O) groups excluding carboxylic acids is 1. The first-order valence-corrected chi connectivity index (χ1v) is 7.74. The highest BCUT2D eigenvalue weighted by Gasteiger charge is 2.20. The van der Waals surface area contributed by atoms with E-state index in [-0.39, 0.29) is 12.7 Å². The van der Waals surface area contributed by atoms with Crippen LogP contribution in [-0.4, -0.2) is 32.3 Å². The van der Waals surface area contributed by atoms with Crippen LogP contribution in [0.15, 0.2) is 18.2 Å². The standard InChI is InChI=1S/C16H22N2O3/c1-12-3-2-7-18(10-12)8-6-16(19)17-13-4-5-14-15(9-13)21-11-20-14/h4-5,9,12H,2-3,6-8,10-11H2,1H3,(H,17,19)/p+1/t12-/m0/s1. The van der Waals surface area contributed by atoms with Crippen LogP contribution in [0.4, 0.5) is 5.69 Å². The molecule has 2 N–H and O–H groups in total. The summed E-state index contributed by atoms with van der Waals surface area (Å²) in [4.78, 5) is 13.6. The van der Waals surface area contributed by atoms with Gasteiger partial charge in [-0.1, -0.05) is 6.92 Å². The second kappa shape index (κ2) is 6.35. The molecular weight excluding hydrogens is 268 g/mol. The highest BCUT2D eigenvalue weighted by molar-refractivity contribution is 5.91. The number of anilines is 1. The molecule has 1 aromatic rings. The number of rotatable bonds is 4. The maximum absolute atomic E-state index is 12.0. The first-order chi connectivity index (χ1) is 10.2. The van der Waals surface area contributed by atoms with E-state index < -0.39 is 0 Å². The quantitative estimate of drug-likeness (QED) is 0.872. The maximum atomic E-state index is 12.0. The van der Waals surface area contributed by atoms with Crippen LogP contribution in [0.1, 0.15) is 26.2 Å². The molecule has 1 saturated heterocycles. The number of piperidine rings is 1. The van der Waals surface area contributed by atoms with Crippen LogP contribution < -0.4 is 19.7 Å². The summed E-state index contributed by atoms with van der Waals surface area (Å²) in [6.45, 7) is 5.86. The number of hydrogen-bond donors (Lipinski definition) is 2. The van der Waals surface area contributed by atoms with E-state index in [1.165, 1.54) is 25.9 Å². The van der Waals surface area contributed by atoms with E-state index >= 15 is 0 Å². The van der Waals surface area contributed by atoms with Crippen LogP contribution >= 0.6 is 0 Å². The molecule has 1 amide bonds. The van der Waals surface area contributed by atoms with Crippen molar-refractivity contribution in [3.05, 3.63) is 18.2 Å². The number of nitrogens with one attached hydrogen (secondary N) is 2. The Morgan fingerprint density at radius 2 is 2.24 bits per heavy atom. The number of likely N-dealkylation sites (tertiary alicyclic amines) is 1. The largest absolute Gasteiger partial charge is 0.454 e. The van der Waals surface area contributed by atoms with E-state index in [9.17, 15) is 4.79 Å². The zero-order valence-corrected chi connectivity index (χ0v) is 12.5. The van der Waals surface area contributed by atoms with Crippen molar-refractivity contribution in [3.63, 3.8) is 0 Å². The number of amides is 1. The minimum atomic E-state index is 0.0691. The van der Waals surface area contributed by atoms with Gasteiger partial charge in [0.25, 0.3) is 0 Å². The molecule has 114 valence electrons. The van der Waals surface area contributed by atoms with Crippen molar-refractivity contribution in [1.82, 2.24) is 0 Å². The first-order valence-electron chi connectivity index (χ1n) is 7.74. The first kappa shape index (κ1) is 14.2. The van der Waals surface area contributed by atoms with Crippen LogP contribution in [0, 0.1) is 5.92 Å². The highest BCUT2D eigenvalue weighted by Crippen LogP contribution is 2.34. The fourth-order valence-electron chi connectivity index (χ4n) is 3.11. The Morgan fingerprint density at radius 1 is 1.38 bits per heavy atom. The van der Waals surface area contributed by atoms with Gasteiger partial charge in [-0.15, -0.1) is 0 Å². The van der Waals surface area contributed by atoms with Gasteiger partial charge < -0.3 is 19.7 Å². The average Bonchev–Trinajstić information content (AvgIpc) is 2.93. The molecule has 0 aromatic heterocycles. The van der Waals surface area contributed by atoms with Crippen molar-refractivity contribution >= 4 is 11.6 Å². The number of ether oxygens (including phenoxy) is 2. The SMILES string of the molecule is C[C@H]1CCC[NH+](CCC(=O)Nc2ccc3c(c2)OCO3)C1. The van der Waals surface area contributed by atoms with Crippen molar-refractivity contribution in [3.8, 4) is 11.5 Å². The minimum Gasteiger partial charge on any atom is -0.454 e. The van der Waals surface area contributed by atoms with E-state index in [1.54, 1.807) is 4.90 Å². The topological polar surface area (TPSA) is 52.0 Å². The molecule has 0 bridgehead atoms. The summed E-state index contributed by atoms with van der Waals surface area (Å²) in [5.41, 5.74) is 0.770. The Kier molecular flexibility index (Phi) is 4.29. The van der Waals surface area contributed by atoms with Crippen molar-refractivity contribution in [2.24, 2.45) is 5.92 Å². The Hall–Kier alpha value is -1.75. The zero-order valence-electron chi connectivity index (χ0n) is 12.5. The van der Waals surface area contributed by atoms with E-state index in [1.807, 2.05) is 18.2 Å². The van der Waals surface area contributed by atoms with E-state index in [4.69, 9.17) is 9.47 Å². The van der Waals surface area contributed by atoms with Crippen molar-refractivity contribution < 1.29 is 19.2 Å². The molecule has 21 heavy (non-hydrogen) atoms. The van der Waals surface area contributed by atoms with Gasteiger partial charge >= 0.3 is 0 Å². The number of hydrogen-bond acceptors (Lipinski definition) is 3. The summed E-state index contributed by atoms with van der Waals surface area (Å²) < 4.78 is 10.6. The molecule has 5 nitrogen and oxygen atoms in total. The molecule has 3 rings (SSSR count). The molecule has 0 aliphatic carbocycles. The Morgan fingerprint density at radius 3 is 3.10 bits per heavy atom. The minimum absolute atomic E-state index is 0.0691. The summed E-state index contributed by atoms with van der Waals surface area (Å²) in [5, 5.41) is 2.93. The lowest BCUT2D eigenvalue weighted by atomic mass is 10.0. The zero-order chi connectivity index (χ0) is 14.7. The molecule has 2 atom stereocenters. The van der Waals surface area contributed by atoms with Crippen LogP contribution in [0.25, 0.3) is 0 Å². The predicted molar refractivity (Wildman–Crippen MR) is 79.8 cm³/mol. The van der Waals surface area contributed by atoms with Crippen LogP contribution in [0.2, 0.25) is 0 Å². The summed E-state index contributed by atoms with van der Waals surface area (Å²) in [7, 11) is 0. The van der Waals surface area contributed by atoms with Gasteiger partial charge in [0.2, 0.25) is 12.7 Å². The fraction of sp³-hybridized carbons (Fsp3) is 0.562. The summed E-state index contributed by atoms with van der Waals surface area (Å²) in [6, 6.07) is 5.49. The maximum Gasteiger partial charge on any atom is 0.231 e. The van der Waals surface area contributed by atoms with Crippen LogP contribution in [0.5, 0.6) is 11.5 Å². The van der Waals surface area contributed by atoms with Gasteiger partial charge in [0.15, 0.2) is 11.5 Å². The summed E-state index contributed by atoms with van der Waals surface area (Å²) in [6.07, 6.45) is 3.17. The van der Waals surface area contributed by atoms with Crippen molar-refractivity contribution in [1.29, 1.82) is 0 Å². The Balaban J connectivity index is 1.48. The summed E-state index contributed by atoms with van der Waals surface area (Å²) in [5.74, 6) is 2.29. The monoisotopic (exact) mass is 291 g/mol. The van der Waals surface area contributed by atoms with Gasteiger partial charge in [-0.2, -0.15) is 0 Å². The smallest absolute Gasteiger partial charge is 0.231 e. The molecule has 0 spiro atoms. The van der Waals surface area contributed by atoms with E-state index in [2.05, 4.69) is 12.2 Å². The van der Waals surface area contributed by atoms with Crippen LogP contribution in [-0.2, 0) is 4.79 Å². The van der Waals surface area contributed by atoms with Gasteiger partial charge in [0.1, 0.15) is 0 Å². The molecule has 5 heteroatoms. The Labute approximate surface area is 125 Å². The Bertz CT molecular complexity index is 518. The molecule has 2 heterocycles. The summed E-state index contributed by atoms with van der Waals surface area (Å²) >= 11 is 0. The highest BCUT2D eigenvalue weighted by atomic mass is 16.7. The second-order valence-corrected chi connectivity index (χ2v) is 6.07.